The highest BCUT2D eigenvalue weighted by molar-refractivity contribution is 5.97. The number of morpholine rings is 1. The van der Waals surface area contributed by atoms with E-state index in [1.165, 1.54) is 19.3 Å². The minimum absolute atomic E-state index is 0.0452. The first-order chi connectivity index (χ1) is 12.7. The smallest absolute Gasteiger partial charge is 0.251 e. The summed E-state index contributed by atoms with van der Waals surface area (Å²) in [6.45, 7) is 4.80. The van der Waals surface area contributed by atoms with Gasteiger partial charge >= 0.3 is 0 Å². The molecule has 0 unspecified atom stereocenters. The van der Waals surface area contributed by atoms with E-state index >= 15 is 0 Å². The van der Waals surface area contributed by atoms with E-state index in [9.17, 15) is 9.59 Å². The monoisotopic (exact) mass is 359 g/mol. The highest BCUT2D eigenvalue weighted by atomic mass is 16.5. The first kappa shape index (κ1) is 18.9. The molecule has 0 atom stereocenters. The van der Waals surface area contributed by atoms with Crippen LogP contribution in [0.15, 0.2) is 24.3 Å². The third-order valence-electron chi connectivity index (χ3n) is 5.17. The fourth-order valence-electron chi connectivity index (χ4n) is 3.54. The van der Waals surface area contributed by atoms with Gasteiger partial charge in [-0.05, 0) is 37.1 Å². The molecule has 1 aromatic rings. The van der Waals surface area contributed by atoms with Crippen molar-refractivity contribution >= 4 is 11.8 Å². The number of benzene rings is 1. The van der Waals surface area contributed by atoms with Crippen LogP contribution in [0.4, 0.5) is 0 Å². The lowest BCUT2D eigenvalue weighted by Crippen LogP contribution is -2.41. The van der Waals surface area contributed by atoms with Crippen molar-refractivity contribution in [2.45, 2.75) is 38.1 Å². The van der Waals surface area contributed by atoms with Crippen molar-refractivity contribution in [3.05, 3.63) is 35.4 Å². The number of carbonyl (C=O) groups excluding carboxylic acids is 2. The molecule has 1 saturated heterocycles. The van der Waals surface area contributed by atoms with Crippen LogP contribution in [-0.2, 0) is 4.74 Å². The zero-order chi connectivity index (χ0) is 18.2. The van der Waals surface area contributed by atoms with E-state index in [0.29, 0.717) is 23.7 Å². The van der Waals surface area contributed by atoms with Gasteiger partial charge in [-0.15, -0.1) is 0 Å². The number of amides is 2. The van der Waals surface area contributed by atoms with Crippen molar-refractivity contribution in [3.63, 3.8) is 0 Å². The molecule has 6 nitrogen and oxygen atoms in total. The Morgan fingerprint density at radius 3 is 2.23 bits per heavy atom. The van der Waals surface area contributed by atoms with Crippen LogP contribution in [0.1, 0.15) is 52.8 Å². The van der Waals surface area contributed by atoms with Crippen LogP contribution in [0.25, 0.3) is 0 Å². The number of hydrogen-bond acceptors (Lipinski definition) is 4. The SMILES string of the molecule is O=C(NCCN1CCOCC1)c1ccc(C(=O)NC2CCCCC2)cc1. The molecule has 142 valence electrons. The third kappa shape index (κ3) is 5.54. The molecule has 0 radical (unpaired) electrons. The van der Waals surface area contributed by atoms with Gasteiger partial charge in [0.15, 0.2) is 0 Å². The summed E-state index contributed by atoms with van der Waals surface area (Å²) in [5.74, 6) is -0.145. The van der Waals surface area contributed by atoms with Crippen LogP contribution in [0.3, 0.4) is 0 Å². The quantitative estimate of drug-likeness (QED) is 0.813. The Morgan fingerprint density at radius 2 is 1.58 bits per heavy atom. The van der Waals surface area contributed by atoms with Crippen molar-refractivity contribution in [1.29, 1.82) is 0 Å². The van der Waals surface area contributed by atoms with Crippen molar-refractivity contribution in [2.24, 2.45) is 0 Å². The maximum atomic E-state index is 12.3. The first-order valence-electron chi connectivity index (χ1n) is 9.71. The van der Waals surface area contributed by atoms with Gasteiger partial charge < -0.3 is 15.4 Å². The van der Waals surface area contributed by atoms with Gasteiger partial charge in [0.1, 0.15) is 0 Å². The topological polar surface area (TPSA) is 70.7 Å². The van der Waals surface area contributed by atoms with Gasteiger partial charge in [-0.25, -0.2) is 0 Å². The number of nitrogens with one attached hydrogen (secondary N) is 2. The molecule has 0 spiro atoms. The minimum Gasteiger partial charge on any atom is -0.379 e. The van der Waals surface area contributed by atoms with Crippen LogP contribution in [0.5, 0.6) is 0 Å². The van der Waals surface area contributed by atoms with E-state index in [1.807, 2.05) is 0 Å². The van der Waals surface area contributed by atoms with Gasteiger partial charge in [-0.2, -0.15) is 0 Å². The summed E-state index contributed by atoms with van der Waals surface area (Å²) in [7, 11) is 0. The summed E-state index contributed by atoms with van der Waals surface area (Å²) in [5, 5.41) is 6.04. The maximum Gasteiger partial charge on any atom is 0.251 e. The van der Waals surface area contributed by atoms with Crippen LogP contribution in [-0.4, -0.2) is 62.1 Å². The van der Waals surface area contributed by atoms with Gasteiger partial charge in [0.25, 0.3) is 11.8 Å². The lowest BCUT2D eigenvalue weighted by molar-refractivity contribution is 0.0383. The molecule has 1 heterocycles. The molecule has 26 heavy (non-hydrogen) atoms. The second-order valence-electron chi connectivity index (χ2n) is 7.10. The molecule has 1 aliphatic carbocycles. The molecule has 2 amide bonds. The van der Waals surface area contributed by atoms with Crippen molar-refractivity contribution in [1.82, 2.24) is 15.5 Å². The average Bonchev–Trinajstić information content (AvgIpc) is 2.69. The minimum atomic E-state index is -0.0995. The van der Waals surface area contributed by atoms with E-state index in [1.54, 1.807) is 24.3 Å². The summed E-state index contributed by atoms with van der Waals surface area (Å²) in [4.78, 5) is 26.8. The van der Waals surface area contributed by atoms with Crippen molar-refractivity contribution in [2.75, 3.05) is 39.4 Å². The molecule has 3 rings (SSSR count). The number of carbonyl (C=O) groups is 2. The van der Waals surface area contributed by atoms with Crippen LogP contribution < -0.4 is 10.6 Å². The van der Waals surface area contributed by atoms with Crippen LogP contribution in [0, 0.1) is 0 Å². The molecular formula is C20H29N3O3. The summed E-state index contributed by atoms with van der Waals surface area (Å²) in [6.07, 6.45) is 5.77. The van der Waals surface area contributed by atoms with Crippen molar-refractivity contribution < 1.29 is 14.3 Å². The number of nitrogens with zero attached hydrogens (tertiary/aromatic N) is 1. The molecule has 1 aliphatic heterocycles. The predicted molar refractivity (Wildman–Crippen MR) is 100 cm³/mol. The molecule has 1 aromatic carbocycles. The highest BCUT2D eigenvalue weighted by Gasteiger charge is 2.17. The summed E-state index contributed by atoms with van der Waals surface area (Å²) < 4.78 is 5.31. The largest absolute Gasteiger partial charge is 0.379 e. The molecule has 1 saturated carbocycles. The lowest BCUT2D eigenvalue weighted by Gasteiger charge is -2.26. The molecular weight excluding hydrogens is 330 g/mol. The Hall–Kier alpha value is -1.92. The zero-order valence-electron chi connectivity index (χ0n) is 15.3. The van der Waals surface area contributed by atoms with E-state index in [2.05, 4.69) is 15.5 Å². The average molecular weight is 359 g/mol. The predicted octanol–water partition coefficient (Wildman–Crippen LogP) is 1.81. The van der Waals surface area contributed by atoms with E-state index in [4.69, 9.17) is 4.74 Å². The Balaban J connectivity index is 1.43. The van der Waals surface area contributed by atoms with Gasteiger partial charge in [0.2, 0.25) is 0 Å². The van der Waals surface area contributed by atoms with E-state index < -0.39 is 0 Å². The molecule has 2 aliphatic rings. The van der Waals surface area contributed by atoms with Crippen LogP contribution >= 0.6 is 0 Å². The van der Waals surface area contributed by atoms with E-state index in [-0.39, 0.29) is 11.8 Å². The van der Waals surface area contributed by atoms with E-state index in [0.717, 1.165) is 45.7 Å². The Bertz CT molecular complexity index is 591. The highest BCUT2D eigenvalue weighted by Crippen LogP contribution is 2.18. The number of ether oxygens (including phenoxy) is 1. The second kappa shape index (κ2) is 9.69. The zero-order valence-corrected chi connectivity index (χ0v) is 15.3. The summed E-state index contributed by atoms with van der Waals surface area (Å²) in [6, 6.07) is 7.20. The normalized spacial score (nSPS) is 19.1. The molecule has 2 fully saturated rings. The fraction of sp³-hybridized carbons (Fsp3) is 0.600. The molecule has 0 aromatic heterocycles. The fourth-order valence-corrected chi connectivity index (χ4v) is 3.54. The summed E-state index contributed by atoms with van der Waals surface area (Å²) >= 11 is 0. The Morgan fingerprint density at radius 1 is 0.962 bits per heavy atom. The van der Waals surface area contributed by atoms with Gasteiger partial charge in [0.05, 0.1) is 13.2 Å². The first-order valence-corrected chi connectivity index (χ1v) is 9.71. The molecule has 2 N–H and O–H groups in total. The number of rotatable bonds is 6. The van der Waals surface area contributed by atoms with Gasteiger partial charge in [-0.3, -0.25) is 14.5 Å². The van der Waals surface area contributed by atoms with Gasteiger partial charge in [0, 0.05) is 43.3 Å². The lowest BCUT2D eigenvalue weighted by atomic mass is 9.95. The Kier molecular flexibility index (Phi) is 7.03. The summed E-state index contributed by atoms with van der Waals surface area (Å²) in [5.41, 5.74) is 1.20. The maximum absolute atomic E-state index is 12.3. The Labute approximate surface area is 155 Å². The van der Waals surface area contributed by atoms with Crippen LogP contribution in [0.2, 0.25) is 0 Å². The van der Waals surface area contributed by atoms with Gasteiger partial charge in [-0.1, -0.05) is 19.3 Å². The third-order valence-corrected chi connectivity index (χ3v) is 5.17. The van der Waals surface area contributed by atoms with Crippen molar-refractivity contribution in [3.8, 4) is 0 Å². The molecule has 0 bridgehead atoms. The standard InChI is InChI=1S/C20H29N3O3/c24-19(21-10-11-23-12-14-26-15-13-23)16-6-8-17(9-7-16)20(25)22-18-4-2-1-3-5-18/h6-9,18H,1-5,10-15H2,(H,21,24)(H,22,25). The molecule has 6 heteroatoms. The number of hydrogen-bond donors (Lipinski definition) is 2. The second-order valence-corrected chi connectivity index (χ2v) is 7.10.